The van der Waals surface area contributed by atoms with Crippen LogP contribution in [-0.2, 0) is 11.3 Å². The van der Waals surface area contributed by atoms with Crippen LogP contribution in [-0.4, -0.2) is 35.1 Å². The lowest BCUT2D eigenvalue weighted by Gasteiger charge is -2.45. The summed E-state index contributed by atoms with van der Waals surface area (Å²) < 4.78 is 7.38. The topological polar surface area (TPSA) is 63.6 Å². The Bertz CT molecular complexity index is 1280. The third-order valence-electron chi connectivity index (χ3n) is 7.40. The van der Waals surface area contributed by atoms with E-state index in [0.29, 0.717) is 28.7 Å². The molecule has 1 N–H and O–H groups in total. The number of halogens is 1. The van der Waals surface area contributed by atoms with Crippen LogP contribution in [0.4, 0.5) is 5.69 Å². The molecule has 2 heterocycles. The van der Waals surface area contributed by atoms with Gasteiger partial charge >= 0.3 is 0 Å². The van der Waals surface area contributed by atoms with Crippen molar-refractivity contribution in [3.8, 4) is 5.75 Å². The fourth-order valence-corrected chi connectivity index (χ4v) is 5.57. The molecule has 1 aliphatic heterocycles. The number of benzene rings is 2. The molecule has 1 aliphatic carbocycles. The Morgan fingerprint density at radius 2 is 1.91 bits per heavy atom. The quantitative estimate of drug-likeness (QED) is 0.539. The molecular weight excluding hydrogens is 450 g/mol. The number of methoxy groups -OCH3 is 1. The molecule has 5 rings (SSSR count). The number of carbonyl (C=O) groups excluding carboxylic acids is 2. The van der Waals surface area contributed by atoms with Crippen LogP contribution in [0.3, 0.4) is 0 Å². The van der Waals surface area contributed by atoms with Gasteiger partial charge in [0.2, 0.25) is 5.91 Å². The van der Waals surface area contributed by atoms with Gasteiger partial charge in [0.1, 0.15) is 17.0 Å². The Morgan fingerprint density at radius 1 is 1.15 bits per heavy atom. The largest absolute Gasteiger partial charge is 0.497 e. The van der Waals surface area contributed by atoms with Crippen molar-refractivity contribution in [1.82, 2.24) is 9.88 Å². The Hall–Kier alpha value is -2.99. The van der Waals surface area contributed by atoms with Crippen LogP contribution in [0.25, 0.3) is 10.9 Å². The molecule has 7 heteroatoms. The highest BCUT2D eigenvalue weighted by molar-refractivity contribution is 6.32. The maximum Gasteiger partial charge on any atom is 0.275 e. The summed E-state index contributed by atoms with van der Waals surface area (Å²) in [4.78, 5) is 29.6. The first-order valence-electron chi connectivity index (χ1n) is 11.9. The van der Waals surface area contributed by atoms with E-state index in [2.05, 4.69) is 5.32 Å². The first-order chi connectivity index (χ1) is 16.3. The molecular formula is C27H30ClN3O3. The summed E-state index contributed by atoms with van der Waals surface area (Å²) in [6.07, 6.45) is 5.38. The molecule has 2 aromatic carbocycles. The number of amides is 2. The highest BCUT2D eigenvalue weighted by Crippen LogP contribution is 2.39. The van der Waals surface area contributed by atoms with Crippen LogP contribution in [0.15, 0.2) is 42.5 Å². The molecule has 2 aliphatic rings. The van der Waals surface area contributed by atoms with Crippen LogP contribution in [0.2, 0.25) is 5.02 Å². The van der Waals surface area contributed by atoms with Crippen molar-refractivity contribution in [2.24, 2.45) is 0 Å². The van der Waals surface area contributed by atoms with Crippen LogP contribution >= 0.6 is 11.6 Å². The van der Waals surface area contributed by atoms with Crippen molar-refractivity contribution in [1.29, 1.82) is 0 Å². The fourth-order valence-electron chi connectivity index (χ4n) is 5.40. The summed E-state index contributed by atoms with van der Waals surface area (Å²) in [5.74, 6) is 0.359. The van der Waals surface area contributed by atoms with Crippen LogP contribution < -0.4 is 15.0 Å². The summed E-state index contributed by atoms with van der Waals surface area (Å²) in [6, 6.07) is 13.3. The molecule has 3 aromatic rings. The minimum absolute atomic E-state index is 0.137. The third kappa shape index (κ3) is 3.65. The molecule has 1 atom stereocenters. The van der Waals surface area contributed by atoms with E-state index in [9.17, 15) is 9.59 Å². The average molecular weight is 480 g/mol. The second-order valence-electron chi connectivity index (χ2n) is 9.65. The number of rotatable bonds is 4. The summed E-state index contributed by atoms with van der Waals surface area (Å²) in [7, 11) is 1.62. The monoisotopic (exact) mass is 479 g/mol. The number of aromatic nitrogens is 1. The van der Waals surface area contributed by atoms with Gasteiger partial charge in [-0.2, -0.15) is 0 Å². The van der Waals surface area contributed by atoms with Crippen molar-refractivity contribution in [3.63, 3.8) is 0 Å². The number of anilines is 1. The second-order valence-corrected chi connectivity index (χ2v) is 10.1. The minimum Gasteiger partial charge on any atom is -0.497 e. The lowest BCUT2D eigenvalue weighted by Crippen LogP contribution is -2.65. The normalized spacial score (nSPS) is 20.9. The van der Waals surface area contributed by atoms with Gasteiger partial charge in [0, 0.05) is 28.2 Å². The highest BCUT2D eigenvalue weighted by atomic mass is 35.5. The zero-order valence-corrected chi connectivity index (χ0v) is 20.6. The van der Waals surface area contributed by atoms with E-state index in [1.807, 2.05) is 54.8 Å². The van der Waals surface area contributed by atoms with Gasteiger partial charge in [-0.3, -0.25) is 14.5 Å². The zero-order valence-electron chi connectivity index (χ0n) is 19.9. The van der Waals surface area contributed by atoms with Crippen LogP contribution in [0.1, 0.15) is 55.1 Å². The number of fused-ring (bicyclic) bond motifs is 3. The number of hydrogen-bond acceptors (Lipinski definition) is 3. The van der Waals surface area contributed by atoms with E-state index < -0.39 is 5.54 Å². The van der Waals surface area contributed by atoms with Crippen molar-refractivity contribution < 1.29 is 14.3 Å². The van der Waals surface area contributed by atoms with E-state index in [1.54, 1.807) is 18.1 Å². The van der Waals surface area contributed by atoms with Gasteiger partial charge in [0.25, 0.3) is 5.91 Å². The Morgan fingerprint density at radius 3 is 2.65 bits per heavy atom. The van der Waals surface area contributed by atoms with E-state index in [4.69, 9.17) is 16.3 Å². The maximum absolute atomic E-state index is 14.1. The SMILES string of the molecule is COc1ccc2cc3n(c2c1)C[C@@](C)(C(=O)NC1CCCCC1)N(c1cccc(Cl)c1C)C3=O. The van der Waals surface area contributed by atoms with E-state index in [0.717, 1.165) is 42.1 Å². The standard InChI is InChI=1S/C27H30ClN3O3/c1-17-21(28)10-7-11-22(17)31-25(32)24-14-18-12-13-20(34-3)15-23(18)30(24)16-27(31,2)26(33)29-19-8-5-4-6-9-19/h7,10-15,19H,4-6,8-9,16H2,1-3H3,(H,29,33)/t27-/m0/s1. The van der Waals surface area contributed by atoms with Crippen LogP contribution in [0.5, 0.6) is 5.75 Å². The Kier molecular flexibility index (Phi) is 5.80. The molecule has 0 radical (unpaired) electrons. The van der Waals surface area contributed by atoms with E-state index in [1.165, 1.54) is 6.42 Å². The molecule has 178 valence electrons. The van der Waals surface area contributed by atoms with Crippen molar-refractivity contribution in [2.45, 2.75) is 64.1 Å². The molecule has 1 aromatic heterocycles. The predicted octanol–water partition coefficient (Wildman–Crippen LogP) is 5.48. The van der Waals surface area contributed by atoms with Gasteiger partial charge in [0.15, 0.2) is 0 Å². The Labute approximate surface area is 204 Å². The van der Waals surface area contributed by atoms with E-state index in [-0.39, 0.29) is 17.9 Å². The Balaban J connectivity index is 1.66. The van der Waals surface area contributed by atoms with Crippen molar-refractivity contribution in [3.05, 3.63) is 58.7 Å². The molecule has 2 amide bonds. The lowest BCUT2D eigenvalue weighted by molar-refractivity contribution is -0.127. The summed E-state index contributed by atoms with van der Waals surface area (Å²) in [5, 5.41) is 4.77. The number of hydrogen-bond donors (Lipinski definition) is 1. The molecule has 6 nitrogen and oxygen atoms in total. The molecule has 0 spiro atoms. The number of carbonyl (C=O) groups is 2. The molecule has 34 heavy (non-hydrogen) atoms. The van der Waals surface area contributed by atoms with Crippen LogP contribution in [0, 0.1) is 6.92 Å². The van der Waals surface area contributed by atoms with Gasteiger partial charge in [-0.15, -0.1) is 0 Å². The number of ether oxygens (including phenoxy) is 1. The molecule has 1 fully saturated rings. The number of nitrogens with zero attached hydrogens (tertiary/aromatic N) is 2. The molecule has 1 saturated carbocycles. The lowest BCUT2D eigenvalue weighted by atomic mass is 9.90. The van der Waals surface area contributed by atoms with Crippen molar-refractivity contribution >= 4 is 40.0 Å². The molecule has 0 bridgehead atoms. The zero-order chi connectivity index (χ0) is 24.0. The van der Waals surface area contributed by atoms with E-state index >= 15 is 0 Å². The summed E-state index contributed by atoms with van der Waals surface area (Å²) in [5.41, 5.74) is 1.73. The highest BCUT2D eigenvalue weighted by Gasteiger charge is 2.49. The molecule has 0 saturated heterocycles. The van der Waals surface area contributed by atoms with Gasteiger partial charge in [0.05, 0.1) is 19.2 Å². The second kappa shape index (κ2) is 8.66. The third-order valence-corrected chi connectivity index (χ3v) is 7.81. The summed E-state index contributed by atoms with van der Waals surface area (Å²) in [6.45, 7) is 4.08. The van der Waals surface area contributed by atoms with Crippen molar-refractivity contribution in [2.75, 3.05) is 12.0 Å². The number of nitrogens with one attached hydrogen (secondary N) is 1. The predicted molar refractivity (Wildman–Crippen MR) is 135 cm³/mol. The van der Waals surface area contributed by atoms with Gasteiger partial charge in [-0.05, 0) is 62.6 Å². The summed E-state index contributed by atoms with van der Waals surface area (Å²) >= 11 is 6.45. The van der Waals surface area contributed by atoms with Gasteiger partial charge in [-0.1, -0.05) is 36.9 Å². The fraction of sp³-hybridized carbons (Fsp3) is 0.407. The average Bonchev–Trinajstić information content (AvgIpc) is 3.20. The van der Waals surface area contributed by atoms with Gasteiger partial charge in [-0.25, -0.2) is 0 Å². The minimum atomic E-state index is -1.13. The van der Waals surface area contributed by atoms with Gasteiger partial charge < -0.3 is 14.6 Å². The maximum atomic E-state index is 14.1. The first-order valence-corrected chi connectivity index (χ1v) is 12.3. The smallest absolute Gasteiger partial charge is 0.275 e. The molecule has 0 unspecified atom stereocenters. The first kappa shape index (κ1) is 22.8.